The van der Waals surface area contributed by atoms with Gasteiger partial charge in [-0.1, -0.05) is 65.7 Å². The Hall–Kier alpha value is -2.33. The molecular formula is C23H19Cl2FN2. The molecule has 0 aliphatic carbocycles. The highest BCUT2D eigenvalue weighted by Gasteiger charge is 2.10. The molecule has 0 unspecified atom stereocenters. The first kappa shape index (κ1) is 19.0. The van der Waals surface area contributed by atoms with Gasteiger partial charge in [0.2, 0.25) is 0 Å². The number of halogens is 3. The maximum Gasteiger partial charge on any atom is 0.124 e. The summed E-state index contributed by atoms with van der Waals surface area (Å²) in [6.45, 7) is 2.00. The largest absolute Gasteiger partial charge is 0.343 e. The Morgan fingerprint density at radius 1 is 0.786 bits per heavy atom. The number of hydrogen-bond acceptors (Lipinski definition) is 1. The second kappa shape index (κ2) is 8.36. The number of aromatic nitrogens is 1. The van der Waals surface area contributed by atoms with Gasteiger partial charge >= 0.3 is 0 Å². The van der Waals surface area contributed by atoms with Crippen LogP contribution in [0.4, 0.5) is 4.39 Å². The molecule has 1 N–H and O–H groups in total. The Labute approximate surface area is 173 Å². The standard InChI is InChI=1S/C23H19Cl2FN2/c24-21-7-3-1-5-16(21)12-27-13-18-15-28(23-8-4-2-6-20(18)23)14-17-9-10-19(26)11-22(17)25/h1-11,15,27H,12-14H2. The Morgan fingerprint density at radius 2 is 1.54 bits per heavy atom. The van der Waals surface area contributed by atoms with Gasteiger partial charge in [-0.05, 0) is 41.0 Å². The van der Waals surface area contributed by atoms with E-state index in [2.05, 4.69) is 28.2 Å². The summed E-state index contributed by atoms with van der Waals surface area (Å²) >= 11 is 12.5. The van der Waals surface area contributed by atoms with Crippen molar-refractivity contribution in [3.8, 4) is 0 Å². The number of para-hydroxylation sites is 1. The molecule has 0 radical (unpaired) electrons. The SMILES string of the molecule is Fc1ccc(Cn2cc(CNCc3ccccc3Cl)c3ccccc32)c(Cl)c1. The van der Waals surface area contributed by atoms with E-state index in [4.69, 9.17) is 23.2 Å². The zero-order chi connectivity index (χ0) is 19.5. The first-order chi connectivity index (χ1) is 13.6. The first-order valence-electron chi connectivity index (χ1n) is 9.06. The number of fused-ring (bicyclic) bond motifs is 1. The van der Waals surface area contributed by atoms with Gasteiger partial charge in [-0.15, -0.1) is 0 Å². The van der Waals surface area contributed by atoms with Crippen molar-refractivity contribution in [1.29, 1.82) is 0 Å². The van der Waals surface area contributed by atoms with Gasteiger partial charge in [0.15, 0.2) is 0 Å². The summed E-state index contributed by atoms with van der Waals surface area (Å²) < 4.78 is 15.5. The van der Waals surface area contributed by atoms with E-state index in [9.17, 15) is 4.39 Å². The van der Waals surface area contributed by atoms with Crippen LogP contribution in [-0.4, -0.2) is 4.57 Å². The third-order valence-corrected chi connectivity index (χ3v) is 5.54. The second-order valence-corrected chi connectivity index (χ2v) is 7.54. The van der Waals surface area contributed by atoms with Crippen LogP contribution in [0.15, 0.2) is 72.9 Å². The fourth-order valence-electron chi connectivity index (χ4n) is 3.40. The molecule has 0 bridgehead atoms. The van der Waals surface area contributed by atoms with E-state index in [0.29, 0.717) is 18.1 Å². The van der Waals surface area contributed by atoms with E-state index >= 15 is 0 Å². The smallest absolute Gasteiger partial charge is 0.124 e. The van der Waals surface area contributed by atoms with E-state index in [1.807, 2.05) is 36.4 Å². The second-order valence-electron chi connectivity index (χ2n) is 6.73. The van der Waals surface area contributed by atoms with Crippen molar-refractivity contribution in [3.05, 3.63) is 105 Å². The third kappa shape index (κ3) is 4.07. The number of nitrogens with one attached hydrogen (secondary N) is 1. The minimum Gasteiger partial charge on any atom is -0.343 e. The monoisotopic (exact) mass is 412 g/mol. The highest BCUT2D eigenvalue weighted by Crippen LogP contribution is 2.25. The number of nitrogens with zero attached hydrogens (tertiary/aromatic N) is 1. The molecule has 4 aromatic rings. The average molecular weight is 413 g/mol. The van der Waals surface area contributed by atoms with Crippen LogP contribution in [0.2, 0.25) is 10.0 Å². The maximum absolute atomic E-state index is 13.3. The van der Waals surface area contributed by atoms with Gasteiger partial charge in [0.05, 0.1) is 0 Å². The maximum atomic E-state index is 13.3. The van der Waals surface area contributed by atoms with Gasteiger partial charge in [-0.2, -0.15) is 0 Å². The van der Waals surface area contributed by atoms with Crippen molar-refractivity contribution < 1.29 is 4.39 Å². The van der Waals surface area contributed by atoms with Crippen molar-refractivity contribution in [3.63, 3.8) is 0 Å². The predicted octanol–water partition coefficient (Wildman–Crippen LogP) is 6.43. The summed E-state index contributed by atoms with van der Waals surface area (Å²) in [5.41, 5.74) is 4.28. The lowest BCUT2D eigenvalue weighted by Gasteiger charge is -2.08. The molecule has 1 heterocycles. The van der Waals surface area contributed by atoms with E-state index in [1.54, 1.807) is 6.07 Å². The highest BCUT2D eigenvalue weighted by atomic mass is 35.5. The molecular weight excluding hydrogens is 394 g/mol. The Bertz CT molecular complexity index is 1120. The summed E-state index contributed by atoms with van der Waals surface area (Å²) in [7, 11) is 0. The zero-order valence-electron chi connectivity index (χ0n) is 15.1. The Balaban J connectivity index is 1.57. The number of hydrogen-bond donors (Lipinski definition) is 1. The normalized spacial score (nSPS) is 11.2. The lowest BCUT2D eigenvalue weighted by atomic mass is 10.1. The van der Waals surface area contributed by atoms with Crippen molar-refractivity contribution in [2.75, 3.05) is 0 Å². The van der Waals surface area contributed by atoms with Gasteiger partial charge in [-0.25, -0.2) is 4.39 Å². The molecule has 3 aromatic carbocycles. The molecule has 1 aromatic heterocycles. The minimum absolute atomic E-state index is 0.324. The van der Waals surface area contributed by atoms with Crippen LogP contribution >= 0.6 is 23.2 Å². The molecule has 0 spiro atoms. The minimum atomic E-state index is -0.324. The summed E-state index contributed by atoms with van der Waals surface area (Å²) in [5.74, 6) is -0.324. The fraction of sp³-hybridized carbons (Fsp3) is 0.130. The molecule has 2 nitrogen and oxygen atoms in total. The third-order valence-electron chi connectivity index (χ3n) is 4.82. The summed E-state index contributed by atoms with van der Waals surface area (Å²) in [6, 6.07) is 20.6. The van der Waals surface area contributed by atoms with Gasteiger partial charge in [-0.3, -0.25) is 0 Å². The predicted molar refractivity (Wildman–Crippen MR) is 114 cm³/mol. The molecule has 0 saturated carbocycles. The summed E-state index contributed by atoms with van der Waals surface area (Å²) in [4.78, 5) is 0. The summed E-state index contributed by atoms with van der Waals surface area (Å²) in [5, 5.41) is 5.87. The van der Waals surface area contributed by atoms with E-state index in [0.717, 1.165) is 28.2 Å². The lowest BCUT2D eigenvalue weighted by molar-refractivity contribution is 0.626. The van der Waals surface area contributed by atoms with Gasteiger partial charge in [0.25, 0.3) is 0 Å². The van der Waals surface area contributed by atoms with E-state index in [-0.39, 0.29) is 5.82 Å². The van der Waals surface area contributed by atoms with Crippen LogP contribution in [0.1, 0.15) is 16.7 Å². The quantitative estimate of drug-likeness (QED) is 0.386. The average Bonchev–Trinajstić information content (AvgIpc) is 3.03. The van der Waals surface area contributed by atoms with Gasteiger partial charge in [0, 0.05) is 46.8 Å². The molecule has 28 heavy (non-hydrogen) atoms. The van der Waals surface area contributed by atoms with Crippen molar-refractivity contribution in [2.24, 2.45) is 0 Å². The first-order valence-corrected chi connectivity index (χ1v) is 9.82. The lowest BCUT2D eigenvalue weighted by Crippen LogP contribution is -2.12. The van der Waals surface area contributed by atoms with Crippen LogP contribution in [0.3, 0.4) is 0 Å². The van der Waals surface area contributed by atoms with Crippen LogP contribution in [0.5, 0.6) is 0 Å². The van der Waals surface area contributed by atoms with Crippen LogP contribution in [-0.2, 0) is 19.6 Å². The van der Waals surface area contributed by atoms with Gasteiger partial charge < -0.3 is 9.88 Å². The summed E-state index contributed by atoms with van der Waals surface area (Å²) in [6.07, 6.45) is 2.13. The van der Waals surface area contributed by atoms with Crippen LogP contribution in [0, 0.1) is 5.82 Å². The Kier molecular flexibility index (Phi) is 5.67. The molecule has 5 heteroatoms. The molecule has 0 amide bonds. The Morgan fingerprint density at radius 3 is 2.36 bits per heavy atom. The topological polar surface area (TPSA) is 17.0 Å². The van der Waals surface area contributed by atoms with E-state index in [1.165, 1.54) is 23.1 Å². The van der Waals surface area contributed by atoms with Crippen molar-refractivity contribution in [2.45, 2.75) is 19.6 Å². The van der Waals surface area contributed by atoms with Crippen molar-refractivity contribution in [1.82, 2.24) is 9.88 Å². The zero-order valence-corrected chi connectivity index (χ0v) is 16.6. The molecule has 0 aliphatic heterocycles. The highest BCUT2D eigenvalue weighted by molar-refractivity contribution is 6.31. The number of rotatable bonds is 6. The molecule has 0 atom stereocenters. The van der Waals surface area contributed by atoms with Crippen molar-refractivity contribution >= 4 is 34.1 Å². The molecule has 4 rings (SSSR count). The number of benzene rings is 3. The molecule has 0 saturated heterocycles. The molecule has 0 fully saturated rings. The fourth-order valence-corrected chi connectivity index (χ4v) is 3.83. The van der Waals surface area contributed by atoms with Crippen LogP contribution < -0.4 is 5.32 Å². The van der Waals surface area contributed by atoms with E-state index < -0.39 is 0 Å². The van der Waals surface area contributed by atoms with Crippen LogP contribution in [0.25, 0.3) is 10.9 Å². The molecule has 142 valence electrons. The molecule has 0 aliphatic rings. The van der Waals surface area contributed by atoms with Gasteiger partial charge in [0.1, 0.15) is 5.82 Å².